The molecule has 126 valence electrons. The Hall–Kier alpha value is -1.44. The van der Waals surface area contributed by atoms with Gasteiger partial charge in [-0.2, -0.15) is 0 Å². The predicted molar refractivity (Wildman–Crippen MR) is 92.7 cm³/mol. The van der Waals surface area contributed by atoms with Crippen molar-refractivity contribution in [2.45, 2.75) is 6.92 Å². The molecule has 1 aliphatic heterocycles. The summed E-state index contributed by atoms with van der Waals surface area (Å²) in [6.07, 6.45) is 0. The van der Waals surface area contributed by atoms with Crippen molar-refractivity contribution in [3.63, 3.8) is 0 Å². The third-order valence-corrected chi connectivity index (χ3v) is 4.62. The molecule has 0 radical (unpaired) electrons. The summed E-state index contributed by atoms with van der Waals surface area (Å²) in [5.41, 5.74) is 1.74. The minimum absolute atomic E-state index is 0.00672. The quantitative estimate of drug-likeness (QED) is 0.485. The molecule has 1 saturated heterocycles. The van der Waals surface area contributed by atoms with E-state index in [9.17, 15) is 9.59 Å². The van der Waals surface area contributed by atoms with Gasteiger partial charge in [-0.15, -0.1) is 0 Å². The van der Waals surface area contributed by atoms with Gasteiger partial charge >= 0.3 is 0 Å². The number of rotatable bonds is 5. The molecule has 1 aromatic rings. The Labute approximate surface area is 145 Å². The van der Waals surface area contributed by atoms with Crippen LogP contribution < -0.4 is 20.4 Å². The Morgan fingerprint density at radius 1 is 1.17 bits per heavy atom. The van der Waals surface area contributed by atoms with E-state index in [0.717, 1.165) is 41.9 Å². The first kappa shape index (κ1) is 17.9. The van der Waals surface area contributed by atoms with E-state index in [1.165, 1.54) is 9.80 Å². The van der Waals surface area contributed by atoms with Crippen LogP contribution in [0, 0.1) is 6.92 Å². The van der Waals surface area contributed by atoms with Crippen LogP contribution in [0.3, 0.4) is 0 Å². The van der Waals surface area contributed by atoms with Crippen LogP contribution in [0.25, 0.3) is 0 Å². The van der Waals surface area contributed by atoms with Crippen molar-refractivity contribution in [2.24, 2.45) is 0 Å². The Morgan fingerprint density at radius 2 is 1.87 bits per heavy atom. The van der Waals surface area contributed by atoms with Crippen LogP contribution in [0.5, 0.6) is 0 Å². The number of hydrogen-bond donors (Lipinski definition) is 4. The summed E-state index contributed by atoms with van der Waals surface area (Å²) < 4.78 is 0.971. The van der Waals surface area contributed by atoms with Gasteiger partial charge < -0.3 is 20.4 Å². The Kier molecular flexibility index (Phi) is 6.56. The molecule has 4 N–H and O–H groups in total. The number of benzene rings is 1. The number of carbonyl (C=O) groups excluding carboxylic acids is 2. The van der Waals surface area contributed by atoms with E-state index < -0.39 is 0 Å². The second kappa shape index (κ2) is 8.42. The van der Waals surface area contributed by atoms with Crippen molar-refractivity contribution < 1.29 is 19.4 Å². The van der Waals surface area contributed by atoms with E-state index in [2.05, 4.69) is 33.6 Å². The maximum Gasteiger partial charge on any atom is 0.275 e. The molecular formula is C16H25BrN4O2+2. The lowest BCUT2D eigenvalue weighted by Crippen LogP contribution is -3.27. The number of likely N-dealkylation sites (N-methyl/N-ethyl adjacent to an activating group) is 1. The molecule has 23 heavy (non-hydrogen) atoms. The summed E-state index contributed by atoms with van der Waals surface area (Å²) >= 11 is 3.39. The molecule has 1 heterocycles. The van der Waals surface area contributed by atoms with E-state index in [0.29, 0.717) is 6.54 Å². The van der Waals surface area contributed by atoms with Gasteiger partial charge in [-0.3, -0.25) is 9.59 Å². The van der Waals surface area contributed by atoms with Gasteiger partial charge in [0.25, 0.3) is 5.91 Å². The normalized spacial score (nSPS) is 20.8. The molecule has 0 aromatic heterocycles. The Bertz CT molecular complexity index is 571. The molecule has 7 heteroatoms. The monoisotopic (exact) mass is 384 g/mol. The topological polar surface area (TPSA) is 67.1 Å². The Balaban J connectivity index is 1.72. The molecule has 1 aromatic carbocycles. The van der Waals surface area contributed by atoms with Crippen molar-refractivity contribution in [1.29, 1.82) is 0 Å². The summed E-state index contributed by atoms with van der Waals surface area (Å²) in [6, 6.07) is 5.66. The second-order valence-electron chi connectivity index (χ2n) is 6.17. The molecule has 2 rings (SSSR count). The first-order valence-electron chi connectivity index (χ1n) is 7.91. The smallest absolute Gasteiger partial charge is 0.275 e. The van der Waals surface area contributed by atoms with Gasteiger partial charge in [0.2, 0.25) is 5.91 Å². The number of aryl methyl sites for hydroxylation is 1. The standard InChI is InChI=1S/C16H23BrN4O2/c1-12-9-13(17)3-4-14(12)19-15(22)10-18-16(23)11-21-7-5-20(2)6-8-21/h3-4,9H,5-8,10-11H2,1-2H3,(H,18,23)(H,19,22)/p+2. The fourth-order valence-electron chi connectivity index (χ4n) is 2.64. The van der Waals surface area contributed by atoms with E-state index in [1.54, 1.807) is 0 Å². The van der Waals surface area contributed by atoms with Crippen LogP contribution >= 0.6 is 15.9 Å². The summed E-state index contributed by atoms with van der Waals surface area (Å²) in [5.74, 6) is -0.274. The Morgan fingerprint density at radius 3 is 2.52 bits per heavy atom. The number of quaternary nitrogens is 2. The number of hydrogen-bond acceptors (Lipinski definition) is 2. The summed E-state index contributed by atoms with van der Waals surface area (Å²) in [6.45, 7) is 6.56. The minimum atomic E-state index is -0.207. The van der Waals surface area contributed by atoms with Crippen molar-refractivity contribution >= 4 is 33.4 Å². The van der Waals surface area contributed by atoms with Crippen molar-refractivity contribution in [3.05, 3.63) is 28.2 Å². The van der Waals surface area contributed by atoms with Gasteiger partial charge in [0.1, 0.15) is 26.2 Å². The van der Waals surface area contributed by atoms with E-state index >= 15 is 0 Å². The molecule has 0 aliphatic carbocycles. The molecule has 1 aliphatic rings. The van der Waals surface area contributed by atoms with E-state index in [4.69, 9.17) is 0 Å². The molecule has 0 unspecified atom stereocenters. The molecule has 0 saturated carbocycles. The minimum Gasteiger partial charge on any atom is -0.342 e. The fourth-order valence-corrected chi connectivity index (χ4v) is 3.11. The van der Waals surface area contributed by atoms with Crippen LogP contribution in [0.4, 0.5) is 5.69 Å². The maximum atomic E-state index is 11.9. The fraction of sp³-hybridized carbons (Fsp3) is 0.500. The molecule has 0 atom stereocenters. The highest BCUT2D eigenvalue weighted by molar-refractivity contribution is 9.10. The van der Waals surface area contributed by atoms with Crippen molar-refractivity contribution in [3.8, 4) is 0 Å². The largest absolute Gasteiger partial charge is 0.342 e. The zero-order valence-electron chi connectivity index (χ0n) is 13.7. The first-order valence-corrected chi connectivity index (χ1v) is 8.71. The predicted octanol–water partition coefficient (Wildman–Crippen LogP) is -1.77. The van der Waals surface area contributed by atoms with E-state index in [-0.39, 0.29) is 18.4 Å². The van der Waals surface area contributed by atoms with Crippen LogP contribution in [-0.2, 0) is 9.59 Å². The van der Waals surface area contributed by atoms with Gasteiger partial charge in [-0.25, -0.2) is 0 Å². The van der Waals surface area contributed by atoms with Crippen molar-refractivity contribution in [1.82, 2.24) is 5.32 Å². The highest BCUT2D eigenvalue weighted by Crippen LogP contribution is 2.19. The maximum absolute atomic E-state index is 11.9. The molecular weight excluding hydrogens is 360 g/mol. The van der Waals surface area contributed by atoms with Crippen LogP contribution in [0.1, 0.15) is 5.56 Å². The average molecular weight is 385 g/mol. The molecule has 0 bridgehead atoms. The summed E-state index contributed by atoms with van der Waals surface area (Å²) in [4.78, 5) is 26.7. The number of piperazine rings is 1. The molecule has 2 amide bonds. The SMILES string of the molecule is Cc1cc(Br)ccc1NC(=O)CNC(=O)C[NH+]1CC[NH+](C)CC1. The third-order valence-electron chi connectivity index (χ3n) is 4.13. The van der Waals surface area contributed by atoms with Gasteiger partial charge in [0.05, 0.1) is 13.6 Å². The van der Waals surface area contributed by atoms with Gasteiger partial charge in [0.15, 0.2) is 6.54 Å². The molecule has 0 spiro atoms. The number of nitrogens with one attached hydrogen (secondary N) is 4. The van der Waals surface area contributed by atoms with Gasteiger partial charge in [-0.1, -0.05) is 15.9 Å². The zero-order valence-corrected chi connectivity index (χ0v) is 15.3. The third kappa shape index (κ3) is 5.93. The van der Waals surface area contributed by atoms with Crippen molar-refractivity contribution in [2.75, 3.05) is 51.6 Å². The number of carbonyl (C=O) groups is 2. The number of anilines is 1. The van der Waals surface area contributed by atoms with Gasteiger partial charge in [-0.05, 0) is 30.7 Å². The van der Waals surface area contributed by atoms with Crippen LogP contribution in [0.15, 0.2) is 22.7 Å². The zero-order chi connectivity index (χ0) is 16.8. The van der Waals surface area contributed by atoms with Crippen LogP contribution in [-0.4, -0.2) is 58.1 Å². The van der Waals surface area contributed by atoms with Gasteiger partial charge in [0, 0.05) is 10.2 Å². The summed E-state index contributed by atoms with van der Waals surface area (Å²) in [7, 11) is 2.17. The molecule has 1 fully saturated rings. The average Bonchev–Trinajstić information content (AvgIpc) is 2.50. The lowest BCUT2D eigenvalue weighted by atomic mass is 10.2. The highest BCUT2D eigenvalue weighted by atomic mass is 79.9. The highest BCUT2D eigenvalue weighted by Gasteiger charge is 2.22. The summed E-state index contributed by atoms with van der Waals surface area (Å²) in [5, 5.41) is 5.52. The lowest BCUT2D eigenvalue weighted by Gasteiger charge is -2.26. The lowest BCUT2D eigenvalue weighted by molar-refractivity contribution is -1.000. The van der Waals surface area contributed by atoms with E-state index in [1.807, 2.05) is 25.1 Å². The number of amides is 2. The first-order chi connectivity index (χ1) is 10.9. The number of halogens is 1. The van der Waals surface area contributed by atoms with Crippen LogP contribution in [0.2, 0.25) is 0 Å². The second-order valence-corrected chi connectivity index (χ2v) is 7.08. The molecule has 6 nitrogen and oxygen atoms in total.